The fourth-order valence-electron chi connectivity index (χ4n) is 1.16. The van der Waals surface area contributed by atoms with Gasteiger partial charge in [0.2, 0.25) is 0 Å². The van der Waals surface area contributed by atoms with Gasteiger partial charge in [0.1, 0.15) is 0 Å². The molecule has 0 saturated carbocycles. The van der Waals surface area contributed by atoms with Gasteiger partial charge in [-0.25, -0.2) is 0 Å². The largest absolute Gasteiger partial charge is 0.398 e. The normalized spacial score (nSPS) is 14.4. The molecule has 0 saturated heterocycles. The Morgan fingerprint density at radius 3 is 2.43 bits per heavy atom. The van der Waals surface area contributed by atoms with Crippen LogP contribution in [-0.2, 0) is 5.41 Å². The number of anilines is 1. The van der Waals surface area contributed by atoms with Gasteiger partial charge in [0, 0.05) is 15.4 Å². The molecule has 1 atom stereocenters. The summed E-state index contributed by atoms with van der Waals surface area (Å²) in [5, 5.41) is 8.95. The average Bonchev–Trinajstić information content (AvgIpc) is 2.45. The first-order valence-electron chi connectivity index (χ1n) is 4.62. The average molecular weight is 214 g/mol. The molecule has 14 heavy (non-hydrogen) atoms. The van der Waals surface area contributed by atoms with Crippen LogP contribution >= 0.6 is 11.3 Å². The van der Waals surface area contributed by atoms with Crippen molar-refractivity contribution < 1.29 is 5.11 Å². The highest BCUT2D eigenvalue weighted by atomic mass is 32.1. The van der Waals surface area contributed by atoms with Crippen LogP contribution < -0.4 is 11.5 Å². The molecule has 0 fully saturated rings. The molecule has 0 aliphatic rings. The van der Waals surface area contributed by atoms with E-state index >= 15 is 0 Å². The number of aliphatic hydroxyl groups is 1. The molecule has 0 aromatic carbocycles. The third kappa shape index (κ3) is 2.26. The lowest BCUT2D eigenvalue weighted by molar-refractivity contribution is 0.270. The van der Waals surface area contributed by atoms with Crippen molar-refractivity contribution in [2.75, 3.05) is 12.3 Å². The van der Waals surface area contributed by atoms with Crippen LogP contribution in [0.2, 0.25) is 0 Å². The lowest BCUT2D eigenvalue weighted by Gasteiger charge is -2.15. The number of aliphatic hydroxyl groups excluding tert-OH is 1. The van der Waals surface area contributed by atoms with Crippen molar-refractivity contribution in [3.05, 3.63) is 15.8 Å². The summed E-state index contributed by atoms with van der Waals surface area (Å²) in [6.45, 7) is 6.33. The topological polar surface area (TPSA) is 72.3 Å². The van der Waals surface area contributed by atoms with Crippen LogP contribution in [0.15, 0.2) is 6.07 Å². The molecule has 0 radical (unpaired) electrons. The highest BCUT2D eigenvalue weighted by Gasteiger charge is 2.20. The van der Waals surface area contributed by atoms with Gasteiger partial charge < -0.3 is 16.6 Å². The minimum absolute atomic E-state index is 0.0612. The highest BCUT2D eigenvalue weighted by molar-refractivity contribution is 7.12. The fourth-order valence-corrected chi connectivity index (χ4v) is 2.29. The number of hydrogen-bond acceptors (Lipinski definition) is 4. The minimum Gasteiger partial charge on any atom is -0.398 e. The van der Waals surface area contributed by atoms with E-state index in [0.717, 1.165) is 4.88 Å². The lowest BCUT2D eigenvalue weighted by atomic mass is 9.94. The highest BCUT2D eigenvalue weighted by Crippen LogP contribution is 2.36. The molecule has 0 spiro atoms. The Kier molecular flexibility index (Phi) is 3.19. The van der Waals surface area contributed by atoms with E-state index in [0.29, 0.717) is 5.69 Å². The Labute approximate surface area is 88.7 Å². The van der Waals surface area contributed by atoms with Crippen molar-refractivity contribution in [1.82, 2.24) is 0 Å². The summed E-state index contributed by atoms with van der Waals surface area (Å²) >= 11 is 1.59. The van der Waals surface area contributed by atoms with Gasteiger partial charge in [-0.2, -0.15) is 0 Å². The van der Waals surface area contributed by atoms with E-state index in [1.54, 1.807) is 11.3 Å². The molecule has 5 N–H and O–H groups in total. The van der Waals surface area contributed by atoms with Crippen molar-refractivity contribution in [2.45, 2.75) is 32.2 Å². The first kappa shape index (κ1) is 11.5. The maximum Gasteiger partial charge on any atom is 0.0645 e. The van der Waals surface area contributed by atoms with Crippen molar-refractivity contribution in [3.8, 4) is 0 Å². The Morgan fingerprint density at radius 2 is 2.07 bits per heavy atom. The van der Waals surface area contributed by atoms with Gasteiger partial charge >= 0.3 is 0 Å². The molecule has 1 heterocycles. The van der Waals surface area contributed by atoms with Gasteiger partial charge in [-0.1, -0.05) is 20.8 Å². The Hall–Kier alpha value is -0.580. The van der Waals surface area contributed by atoms with E-state index in [4.69, 9.17) is 16.6 Å². The molecule has 3 nitrogen and oxygen atoms in total. The zero-order valence-corrected chi connectivity index (χ0v) is 9.69. The van der Waals surface area contributed by atoms with Crippen LogP contribution in [0, 0.1) is 0 Å². The molecule has 1 aromatic heterocycles. The van der Waals surface area contributed by atoms with Crippen molar-refractivity contribution >= 4 is 17.0 Å². The Bertz CT molecular complexity index is 314. The third-order valence-corrected chi connectivity index (χ3v) is 3.77. The lowest BCUT2D eigenvalue weighted by Crippen LogP contribution is -2.14. The van der Waals surface area contributed by atoms with E-state index < -0.39 is 0 Å². The number of nitrogens with two attached hydrogens (primary N) is 2. The summed E-state index contributed by atoms with van der Waals surface area (Å²) in [6.07, 6.45) is 0. The monoisotopic (exact) mass is 214 g/mol. The second-order valence-corrected chi connectivity index (χ2v) is 5.55. The van der Waals surface area contributed by atoms with Crippen LogP contribution in [0.1, 0.15) is 36.6 Å². The van der Waals surface area contributed by atoms with Gasteiger partial charge in [0.25, 0.3) is 0 Å². The molecule has 0 amide bonds. The van der Waals surface area contributed by atoms with Crippen LogP contribution in [0.5, 0.6) is 0 Å². The second-order valence-electron chi connectivity index (χ2n) is 4.47. The molecule has 0 aliphatic heterocycles. The summed E-state index contributed by atoms with van der Waals surface area (Å²) in [6, 6.07) is 1.60. The van der Waals surface area contributed by atoms with Crippen LogP contribution in [0.4, 0.5) is 5.69 Å². The quantitative estimate of drug-likeness (QED) is 0.700. The van der Waals surface area contributed by atoms with Gasteiger partial charge in [0.15, 0.2) is 0 Å². The number of hydrogen-bond donors (Lipinski definition) is 3. The number of rotatable bonds is 2. The predicted molar refractivity (Wildman–Crippen MR) is 61.4 cm³/mol. The van der Waals surface area contributed by atoms with E-state index in [9.17, 15) is 0 Å². The fraction of sp³-hybridized carbons (Fsp3) is 0.600. The number of thiophene rings is 1. The van der Waals surface area contributed by atoms with Gasteiger partial charge in [-0.05, 0) is 11.5 Å². The minimum atomic E-state index is -0.351. The molecule has 4 heteroatoms. The third-order valence-electron chi connectivity index (χ3n) is 2.06. The predicted octanol–water partition coefficient (Wildman–Crippen LogP) is 1.62. The maximum absolute atomic E-state index is 8.95. The maximum atomic E-state index is 8.95. The Morgan fingerprint density at radius 1 is 1.50 bits per heavy atom. The summed E-state index contributed by atoms with van der Waals surface area (Å²) in [7, 11) is 0. The molecule has 80 valence electrons. The summed E-state index contributed by atoms with van der Waals surface area (Å²) in [4.78, 5) is 2.09. The summed E-state index contributed by atoms with van der Waals surface area (Å²) in [5.74, 6) is 0. The van der Waals surface area contributed by atoms with Gasteiger partial charge in [0.05, 0.1) is 12.6 Å². The van der Waals surface area contributed by atoms with Crippen LogP contribution in [-0.4, -0.2) is 11.7 Å². The molecule has 1 unspecified atom stereocenters. The smallest absolute Gasteiger partial charge is 0.0645 e. The summed E-state index contributed by atoms with van der Waals surface area (Å²) < 4.78 is 0. The molecular weight excluding hydrogens is 196 g/mol. The van der Waals surface area contributed by atoms with Gasteiger partial charge in [-0.3, -0.25) is 0 Å². The zero-order chi connectivity index (χ0) is 10.9. The second kappa shape index (κ2) is 3.88. The first-order chi connectivity index (χ1) is 6.36. The van der Waals surface area contributed by atoms with E-state index in [-0.39, 0.29) is 18.1 Å². The molecule has 0 bridgehead atoms. The van der Waals surface area contributed by atoms with E-state index in [1.807, 2.05) is 6.07 Å². The Balaban J connectivity index is 3.05. The van der Waals surface area contributed by atoms with Gasteiger partial charge in [-0.15, -0.1) is 11.3 Å². The first-order valence-corrected chi connectivity index (χ1v) is 5.44. The summed E-state index contributed by atoms with van der Waals surface area (Å²) in [5.41, 5.74) is 12.4. The molecular formula is C10H18N2OS. The number of nitrogen functional groups attached to an aromatic ring is 1. The molecule has 1 rings (SSSR count). The zero-order valence-electron chi connectivity index (χ0n) is 8.87. The standard InChI is InChI=1S/C10H18N2OS/c1-10(2,3)8-4-6(11)9(14-8)7(12)5-13/h4,7,13H,5,11-12H2,1-3H3. The van der Waals surface area contributed by atoms with Crippen LogP contribution in [0.3, 0.4) is 0 Å². The van der Waals surface area contributed by atoms with E-state index in [2.05, 4.69) is 20.8 Å². The molecule has 0 aliphatic carbocycles. The molecule has 1 aromatic rings. The van der Waals surface area contributed by atoms with Crippen molar-refractivity contribution in [3.63, 3.8) is 0 Å². The van der Waals surface area contributed by atoms with Crippen LogP contribution in [0.25, 0.3) is 0 Å². The van der Waals surface area contributed by atoms with Crippen molar-refractivity contribution in [2.24, 2.45) is 5.73 Å². The van der Waals surface area contributed by atoms with E-state index in [1.165, 1.54) is 4.88 Å². The van der Waals surface area contributed by atoms with Crippen molar-refractivity contribution in [1.29, 1.82) is 0 Å². The SMILES string of the molecule is CC(C)(C)c1cc(N)c(C(N)CO)s1.